The number of benzene rings is 1. The van der Waals surface area contributed by atoms with Crippen LogP contribution in [-0.2, 0) is 6.42 Å². The average molecular weight is 267 g/mol. The molecule has 1 saturated heterocycles. The van der Waals surface area contributed by atoms with Crippen molar-refractivity contribution in [1.82, 2.24) is 4.90 Å². The number of aromatic hydroxyl groups is 1. The second kappa shape index (κ2) is 6.34. The smallest absolute Gasteiger partial charge is 0.160 e. The standard InChI is InChI=1S/C14H21NO2S/c1-11(15-5-7-18-8-6-15)9-12-3-4-13(16)14(10-12)17-2/h3-4,10-11,16H,5-9H2,1-2H3/t11-/m0/s1. The molecule has 1 aliphatic rings. The van der Waals surface area contributed by atoms with Gasteiger partial charge in [0.2, 0.25) is 0 Å². The second-order valence-electron chi connectivity index (χ2n) is 4.71. The predicted molar refractivity (Wildman–Crippen MR) is 76.7 cm³/mol. The Balaban J connectivity index is 1.99. The quantitative estimate of drug-likeness (QED) is 0.908. The summed E-state index contributed by atoms with van der Waals surface area (Å²) in [5, 5.41) is 9.58. The molecule has 4 heteroatoms. The number of thioether (sulfide) groups is 1. The maximum Gasteiger partial charge on any atom is 0.160 e. The highest BCUT2D eigenvalue weighted by molar-refractivity contribution is 7.99. The average Bonchev–Trinajstić information content (AvgIpc) is 2.42. The molecule has 0 aromatic heterocycles. The number of ether oxygens (including phenoxy) is 1. The SMILES string of the molecule is COc1cc(C[C@H](C)N2CCSCC2)ccc1O. The number of nitrogens with zero attached hydrogens (tertiary/aromatic N) is 1. The Morgan fingerprint density at radius 2 is 2.11 bits per heavy atom. The third kappa shape index (κ3) is 3.33. The number of hydrogen-bond acceptors (Lipinski definition) is 4. The second-order valence-corrected chi connectivity index (χ2v) is 5.93. The highest BCUT2D eigenvalue weighted by Crippen LogP contribution is 2.27. The fourth-order valence-electron chi connectivity index (χ4n) is 2.34. The highest BCUT2D eigenvalue weighted by atomic mass is 32.2. The Morgan fingerprint density at radius 3 is 2.78 bits per heavy atom. The van der Waals surface area contributed by atoms with Gasteiger partial charge < -0.3 is 9.84 Å². The van der Waals surface area contributed by atoms with Crippen LogP contribution in [0.15, 0.2) is 18.2 Å². The first kappa shape index (κ1) is 13.6. The number of methoxy groups -OCH3 is 1. The van der Waals surface area contributed by atoms with Crippen LogP contribution in [0.25, 0.3) is 0 Å². The molecule has 1 N–H and O–H groups in total. The molecule has 0 bridgehead atoms. The highest BCUT2D eigenvalue weighted by Gasteiger charge is 2.17. The molecule has 0 aliphatic carbocycles. The predicted octanol–water partition coefficient (Wildman–Crippen LogP) is 2.38. The molecule has 18 heavy (non-hydrogen) atoms. The van der Waals surface area contributed by atoms with Gasteiger partial charge in [-0.3, -0.25) is 4.90 Å². The molecule has 3 nitrogen and oxygen atoms in total. The minimum atomic E-state index is 0.211. The van der Waals surface area contributed by atoms with Crippen molar-refractivity contribution < 1.29 is 9.84 Å². The summed E-state index contributed by atoms with van der Waals surface area (Å²) in [5.41, 5.74) is 1.22. The lowest BCUT2D eigenvalue weighted by Gasteiger charge is -2.32. The maximum absolute atomic E-state index is 9.58. The molecule has 2 rings (SSSR count). The van der Waals surface area contributed by atoms with Crippen LogP contribution >= 0.6 is 11.8 Å². The fraction of sp³-hybridized carbons (Fsp3) is 0.571. The Hall–Kier alpha value is -0.870. The number of phenolic OH excluding ortho intramolecular Hbond substituents is 1. The molecule has 1 aromatic rings. The van der Waals surface area contributed by atoms with Crippen LogP contribution in [0.5, 0.6) is 11.5 Å². The van der Waals surface area contributed by atoms with Crippen molar-refractivity contribution in [2.45, 2.75) is 19.4 Å². The van der Waals surface area contributed by atoms with Crippen LogP contribution in [0, 0.1) is 0 Å². The van der Waals surface area contributed by atoms with E-state index in [0.717, 1.165) is 6.42 Å². The molecule has 0 spiro atoms. The van der Waals surface area contributed by atoms with Gasteiger partial charge in [0.15, 0.2) is 11.5 Å². The van der Waals surface area contributed by atoms with Crippen molar-refractivity contribution in [2.75, 3.05) is 31.7 Å². The monoisotopic (exact) mass is 267 g/mol. The van der Waals surface area contributed by atoms with Crippen LogP contribution < -0.4 is 4.74 Å². The van der Waals surface area contributed by atoms with Gasteiger partial charge in [0.05, 0.1) is 7.11 Å². The lowest BCUT2D eigenvalue weighted by Crippen LogP contribution is -2.40. The lowest BCUT2D eigenvalue weighted by atomic mass is 10.1. The normalized spacial score (nSPS) is 18.6. The Morgan fingerprint density at radius 1 is 1.39 bits per heavy atom. The molecule has 1 fully saturated rings. The first-order valence-electron chi connectivity index (χ1n) is 6.38. The van der Waals surface area contributed by atoms with Gasteiger partial charge in [0.1, 0.15) is 0 Å². The Kier molecular flexibility index (Phi) is 4.78. The van der Waals surface area contributed by atoms with E-state index in [0.29, 0.717) is 11.8 Å². The van der Waals surface area contributed by atoms with E-state index < -0.39 is 0 Å². The van der Waals surface area contributed by atoms with Crippen LogP contribution in [-0.4, -0.2) is 47.8 Å². The zero-order valence-electron chi connectivity index (χ0n) is 11.1. The third-order valence-corrected chi connectivity index (χ3v) is 4.39. The van der Waals surface area contributed by atoms with Gasteiger partial charge >= 0.3 is 0 Å². The van der Waals surface area contributed by atoms with Gasteiger partial charge in [-0.2, -0.15) is 11.8 Å². The Bertz CT molecular complexity index is 391. The largest absolute Gasteiger partial charge is 0.504 e. The molecule has 1 aliphatic heterocycles. The summed E-state index contributed by atoms with van der Waals surface area (Å²) in [5.74, 6) is 3.25. The molecular formula is C14H21NO2S. The van der Waals surface area contributed by atoms with E-state index in [1.165, 1.54) is 30.2 Å². The first-order valence-corrected chi connectivity index (χ1v) is 7.54. The minimum absolute atomic E-state index is 0.211. The van der Waals surface area contributed by atoms with E-state index in [-0.39, 0.29) is 5.75 Å². The summed E-state index contributed by atoms with van der Waals surface area (Å²) in [6, 6.07) is 6.17. The molecule has 0 saturated carbocycles. The van der Waals surface area contributed by atoms with Crippen molar-refractivity contribution in [2.24, 2.45) is 0 Å². The number of phenols is 1. The van der Waals surface area contributed by atoms with Crippen LogP contribution in [0.1, 0.15) is 12.5 Å². The number of rotatable bonds is 4. The van der Waals surface area contributed by atoms with Crippen LogP contribution in [0.2, 0.25) is 0 Å². The van der Waals surface area contributed by atoms with Crippen molar-refractivity contribution in [3.05, 3.63) is 23.8 Å². The molecule has 100 valence electrons. The minimum Gasteiger partial charge on any atom is -0.504 e. The molecular weight excluding hydrogens is 246 g/mol. The summed E-state index contributed by atoms with van der Waals surface area (Å²) >= 11 is 2.04. The summed E-state index contributed by atoms with van der Waals surface area (Å²) in [6.45, 7) is 4.64. The van der Waals surface area contributed by atoms with E-state index in [1.54, 1.807) is 13.2 Å². The zero-order valence-corrected chi connectivity index (χ0v) is 11.9. The molecule has 1 atom stereocenters. The van der Waals surface area contributed by atoms with Gasteiger partial charge in [-0.1, -0.05) is 6.07 Å². The summed E-state index contributed by atoms with van der Waals surface area (Å²) < 4.78 is 5.15. The zero-order chi connectivity index (χ0) is 13.0. The van der Waals surface area contributed by atoms with Crippen molar-refractivity contribution in [3.8, 4) is 11.5 Å². The van der Waals surface area contributed by atoms with Crippen LogP contribution in [0.3, 0.4) is 0 Å². The molecule has 0 unspecified atom stereocenters. The maximum atomic E-state index is 9.58. The lowest BCUT2D eigenvalue weighted by molar-refractivity contribution is 0.229. The van der Waals surface area contributed by atoms with Crippen molar-refractivity contribution >= 4 is 11.8 Å². The fourth-order valence-corrected chi connectivity index (χ4v) is 3.27. The van der Waals surface area contributed by atoms with E-state index in [9.17, 15) is 5.11 Å². The van der Waals surface area contributed by atoms with Gasteiger partial charge in [-0.15, -0.1) is 0 Å². The van der Waals surface area contributed by atoms with Crippen LogP contribution in [0.4, 0.5) is 0 Å². The third-order valence-electron chi connectivity index (χ3n) is 3.44. The molecule has 0 radical (unpaired) electrons. The van der Waals surface area contributed by atoms with E-state index in [4.69, 9.17) is 4.74 Å². The summed E-state index contributed by atoms with van der Waals surface area (Å²) in [4.78, 5) is 2.54. The first-order chi connectivity index (χ1) is 8.70. The van der Waals surface area contributed by atoms with E-state index >= 15 is 0 Å². The number of hydrogen-bond donors (Lipinski definition) is 1. The van der Waals surface area contributed by atoms with Gasteiger partial charge in [0, 0.05) is 30.6 Å². The Labute approximate surface area is 113 Å². The van der Waals surface area contributed by atoms with Crippen molar-refractivity contribution in [3.63, 3.8) is 0 Å². The molecule has 1 aromatic carbocycles. The van der Waals surface area contributed by atoms with E-state index in [2.05, 4.69) is 11.8 Å². The van der Waals surface area contributed by atoms with Gasteiger partial charge in [-0.05, 0) is 31.0 Å². The van der Waals surface area contributed by atoms with Gasteiger partial charge in [0.25, 0.3) is 0 Å². The van der Waals surface area contributed by atoms with Crippen molar-refractivity contribution in [1.29, 1.82) is 0 Å². The van der Waals surface area contributed by atoms with E-state index in [1.807, 2.05) is 23.9 Å². The summed E-state index contributed by atoms with van der Waals surface area (Å²) in [7, 11) is 1.59. The molecule has 0 amide bonds. The topological polar surface area (TPSA) is 32.7 Å². The van der Waals surface area contributed by atoms with Gasteiger partial charge in [-0.25, -0.2) is 0 Å². The molecule has 1 heterocycles. The summed E-state index contributed by atoms with van der Waals surface area (Å²) in [6.07, 6.45) is 1.00.